The molecular weight excluding hydrogens is 414 g/mol. The summed E-state index contributed by atoms with van der Waals surface area (Å²) in [5.41, 5.74) is 1.08. The maximum absolute atomic E-state index is 13.3. The minimum atomic E-state index is -0.908. The summed E-state index contributed by atoms with van der Waals surface area (Å²) in [7, 11) is 3.08. The summed E-state index contributed by atoms with van der Waals surface area (Å²) < 4.78 is 12.9. The lowest BCUT2D eigenvalue weighted by Crippen LogP contribution is -2.59. The van der Waals surface area contributed by atoms with Crippen LogP contribution in [0.25, 0.3) is 0 Å². The molecule has 2 atom stereocenters. The minimum Gasteiger partial charge on any atom is -0.497 e. The van der Waals surface area contributed by atoms with Gasteiger partial charge in [-0.3, -0.25) is 4.79 Å². The molecule has 0 aliphatic carbocycles. The van der Waals surface area contributed by atoms with Crippen LogP contribution in [0.4, 0.5) is 0 Å². The van der Waals surface area contributed by atoms with Crippen LogP contribution in [0.15, 0.2) is 48.8 Å². The van der Waals surface area contributed by atoms with Gasteiger partial charge in [-0.2, -0.15) is 4.57 Å². The summed E-state index contributed by atoms with van der Waals surface area (Å²) in [6.45, 7) is 0. The molecule has 2 aromatic heterocycles. The summed E-state index contributed by atoms with van der Waals surface area (Å²) in [6.07, 6.45) is 3.39. The zero-order valence-corrected chi connectivity index (χ0v) is 17.4. The fourth-order valence-electron chi connectivity index (χ4n) is 3.53. The van der Waals surface area contributed by atoms with E-state index in [0.717, 1.165) is 9.94 Å². The summed E-state index contributed by atoms with van der Waals surface area (Å²) in [5, 5.41) is 12.2. The molecule has 0 saturated carbocycles. The molecule has 0 bridgehead atoms. The highest BCUT2D eigenvalue weighted by molar-refractivity contribution is 7.15. The highest BCUT2D eigenvalue weighted by Gasteiger charge is 2.47. The van der Waals surface area contributed by atoms with Crippen molar-refractivity contribution >= 4 is 28.7 Å². The van der Waals surface area contributed by atoms with Crippen molar-refractivity contribution in [3.8, 4) is 11.5 Å². The fraction of sp³-hybridized carbons (Fsp3) is 0.250. The van der Waals surface area contributed by atoms with Crippen LogP contribution in [0.2, 0.25) is 4.47 Å². The number of rotatable bonds is 5. The van der Waals surface area contributed by atoms with E-state index >= 15 is 0 Å². The molecule has 1 aliphatic heterocycles. The summed E-state index contributed by atoms with van der Waals surface area (Å²) >= 11 is 7.32. The molecule has 0 spiro atoms. The number of halogens is 1. The number of pyridine rings is 1. The van der Waals surface area contributed by atoms with Gasteiger partial charge < -0.3 is 14.7 Å². The maximum Gasteiger partial charge on any atom is 0.252 e. The highest BCUT2D eigenvalue weighted by atomic mass is 35.5. The quantitative estimate of drug-likeness (QED) is 0.622. The average Bonchev–Trinajstić information content (AvgIpc) is 3.15. The van der Waals surface area contributed by atoms with E-state index in [1.165, 1.54) is 11.3 Å². The van der Waals surface area contributed by atoms with Gasteiger partial charge in [0.1, 0.15) is 17.5 Å². The van der Waals surface area contributed by atoms with Crippen molar-refractivity contribution < 1.29 is 24.0 Å². The van der Waals surface area contributed by atoms with Crippen molar-refractivity contribution in [3.63, 3.8) is 0 Å². The Morgan fingerprint density at radius 3 is 2.59 bits per heavy atom. The molecule has 0 amide bonds. The van der Waals surface area contributed by atoms with Gasteiger partial charge in [0.05, 0.1) is 20.6 Å². The number of nitrogens with zero attached hydrogens (tertiary/aromatic N) is 3. The number of Topliss-reactive ketones (excluding diaryl/α,β-unsaturated/α-hetero) is 1. The van der Waals surface area contributed by atoms with E-state index in [1.54, 1.807) is 61.5 Å². The number of hydrogen-bond donors (Lipinski definition) is 1. The Bertz CT molecular complexity index is 1040. The molecule has 29 heavy (non-hydrogen) atoms. The Morgan fingerprint density at radius 2 is 1.97 bits per heavy atom. The second-order valence-electron chi connectivity index (χ2n) is 6.55. The minimum absolute atomic E-state index is 0.220. The maximum atomic E-state index is 13.3. The van der Waals surface area contributed by atoms with Crippen LogP contribution >= 0.6 is 22.9 Å². The van der Waals surface area contributed by atoms with E-state index in [4.69, 9.17) is 21.1 Å². The van der Waals surface area contributed by atoms with Crippen molar-refractivity contribution in [1.29, 1.82) is 0 Å². The van der Waals surface area contributed by atoms with Gasteiger partial charge in [-0.15, -0.1) is 16.4 Å². The number of fused-ring (bicyclic) bond motifs is 1. The summed E-state index contributed by atoms with van der Waals surface area (Å²) in [6, 6.07) is 9.66. The van der Waals surface area contributed by atoms with E-state index in [2.05, 4.69) is 4.98 Å². The number of benzene rings is 1. The predicted molar refractivity (Wildman–Crippen MR) is 107 cm³/mol. The molecule has 0 radical (unpaired) electrons. The van der Waals surface area contributed by atoms with E-state index in [-0.39, 0.29) is 5.78 Å². The van der Waals surface area contributed by atoms with Gasteiger partial charge in [0.2, 0.25) is 6.17 Å². The Kier molecular flexibility index (Phi) is 5.51. The standard InChI is InChI=1S/C20H19ClN3O4S/c1-27-13-7-12(8-14(9-13)28-2)18-19(25)16-5-3-4-6-23(16)17(24(18)26)10-15-11-22-20(21)29-15/h3-9,11,17-18,26H,10H2,1-2H3/q+1. The zero-order valence-electron chi connectivity index (χ0n) is 15.8. The number of ether oxygens (including phenoxy) is 2. The lowest BCUT2D eigenvalue weighted by molar-refractivity contribution is -0.764. The normalized spacial score (nSPS) is 19.1. The third-order valence-corrected chi connectivity index (χ3v) is 6.02. The number of carbonyl (C=O) groups is 1. The van der Waals surface area contributed by atoms with Gasteiger partial charge >= 0.3 is 0 Å². The van der Waals surface area contributed by atoms with Gasteiger partial charge in [-0.1, -0.05) is 11.6 Å². The number of thiazole rings is 1. The van der Waals surface area contributed by atoms with Crippen LogP contribution in [0, 0.1) is 0 Å². The Hall–Kier alpha value is -2.52. The molecule has 0 fully saturated rings. The largest absolute Gasteiger partial charge is 0.497 e. The van der Waals surface area contributed by atoms with Crippen molar-refractivity contribution in [2.24, 2.45) is 0 Å². The van der Waals surface area contributed by atoms with Crippen LogP contribution < -0.4 is 14.0 Å². The molecule has 1 aliphatic rings. The SMILES string of the molecule is COc1cc(OC)cc(C2C(=O)c3cccc[n+]3C(Cc3cnc(Cl)s3)N2O)c1. The lowest BCUT2D eigenvalue weighted by Gasteiger charge is -2.33. The number of hydrogen-bond acceptors (Lipinski definition) is 7. The number of hydroxylamine groups is 2. The van der Waals surface area contributed by atoms with Gasteiger partial charge in [0.25, 0.3) is 11.5 Å². The van der Waals surface area contributed by atoms with E-state index in [0.29, 0.717) is 33.6 Å². The highest BCUT2D eigenvalue weighted by Crippen LogP contribution is 2.36. The smallest absolute Gasteiger partial charge is 0.252 e. The van der Waals surface area contributed by atoms with E-state index in [1.807, 2.05) is 6.07 Å². The van der Waals surface area contributed by atoms with Gasteiger partial charge in [0, 0.05) is 29.3 Å². The van der Waals surface area contributed by atoms with Crippen molar-refractivity contribution in [3.05, 3.63) is 69.4 Å². The van der Waals surface area contributed by atoms with Crippen LogP contribution in [0.5, 0.6) is 11.5 Å². The number of carbonyl (C=O) groups excluding carboxylic acids is 1. The van der Waals surface area contributed by atoms with Gasteiger partial charge in [-0.05, 0) is 23.8 Å². The number of ketones is 1. The molecule has 1 N–H and O–H groups in total. The fourth-order valence-corrected chi connectivity index (χ4v) is 4.53. The first-order valence-corrected chi connectivity index (χ1v) is 10.1. The average molecular weight is 433 g/mol. The van der Waals surface area contributed by atoms with Crippen LogP contribution in [-0.4, -0.2) is 35.3 Å². The molecule has 2 unspecified atom stereocenters. The first-order valence-electron chi connectivity index (χ1n) is 8.86. The molecule has 7 nitrogen and oxygen atoms in total. The van der Waals surface area contributed by atoms with Crippen LogP contribution in [0.1, 0.15) is 33.1 Å². The molecule has 0 saturated heterocycles. The second-order valence-corrected chi connectivity index (χ2v) is 8.25. The number of methoxy groups -OCH3 is 2. The van der Waals surface area contributed by atoms with E-state index in [9.17, 15) is 10.0 Å². The molecular formula is C20H19ClN3O4S+. The molecule has 150 valence electrons. The molecule has 4 rings (SSSR count). The Labute approximate surface area is 176 Å². The van der Waals surface area contributed by atoms with Crippen LogP contribution in [0.3, 0.4) is 0 Å². The van der Waals surface area contributed by atoms with Gasteiger partial charge in [-0.25, -0.2) is 4.98 Å². The monoisotopic (exact) mass is 432 g/mol. The third kappa shape index (κ3) is 3.72. The zero-order chi connectivity index (χ0) is 20.5. The lowest BCUT2D eigenvalue weighted by atomic mass is 9.95. The second kappa shape index (κ2) is 8.08. The predicted octanol–water partition coefficient (Wildman–Crippen LogP) is 3.47. The number of aromatic nitrogens is 2. The van der Waals surface area contributed by atoms with Gasteiger partial charge in [0.15, 0.2) is 10.7 Å². The summed E-state index contributed by atoms with van der Waals surface area (Å²) in [4.78, 5) is 18.3. The van der Waals surface area contributed by atoms with Crippen LogP contribution in [-0.2, 0) is 6.42 Å². The van der Waals surface area contributed by atoms with E-state index < -0.39 is 12.2 Å². The van der Waals surface area contributed by atoms with Crippen molar-refractivity contribution in [2.75, 3.05) is 14.2 Å². The topological polar surface area (TPSA) is 75.8 Å². The molecule has 1 aromatic carbocycles. The molecule has 9 heteroatoms. The first-order chi connectivity index (χ1) is 14.0. The molecule has 3 heterocycles. The third-order valence-electron chi connectivity index (χ3n) is 4.88. The Morgan fingerprint density at radius 1 is 1.24 bits per heavy atom. The van der Waals surface area contributed by atoms with Crippen molar-refractivity contribution in [2.45, 2.75) is 18.6 Å². The van der Waals surface area contributed by atoms with Crippen molar-refractivity contribution in [1.82, 2.24) is 10.0 Å². The molecule has 3 aromatic rings. The Balaban J connectivity index is 1.80. The summed E-state index contributed by atoms with van der Waals surface area (Å²) in [5.74, 6) is 0.859. The first kappa shape index (κ1) is 19.8.